The van der Waals surface area contributed by atoms with Crippen LogP contribution in [-0.4, -0.2) is 53.9 Å². The van der Waals surface area contributed by atoms with Crippen LogP contribution in [0.4, 0.5) is 13.2 Å². The molecule has 2 rings (SSSR count). The molecule has 1 heterocycles. The molecule has 26 heavy (non-hydrogen) atoms. The first-order valence-electron chi connectivity index (χ1n) is 8.11. The van der Waals surface area contributed by atoms with E-state index in [1.54, 1.807) is 6.07 Å². The van der Waals surface area contributed by atoms with Gasteiger partial charge in [0.15, 0.2) is 24.7 Å². The second-order valence-electron chi connectivity index (χ2n) is 6.15. The lowest BCUT2D eigenvalue weighted by Gasteiger charge is -2.36. The zero-order valence-corrected chi connectivity index (χ0v) is 14.2. The SMILES string of the molecule is CC1CCC(C(=O)O)CN1C(=O)COc1ccccc1OCC(F)(F)F. The van der Waals surface area contributed by atoms with Gasteiger partial charge in [-0.1, -0.05) is 12.1 Å². The zero-order valence-electron chi connectivity index (χ0n) is 14.2. The molecule has 2 atom stereocenters. The maximum Gasteiger partial charge on any atom is 0.422 e. The molecule has 1 fully saturated rings. The lowest BCUT2D eigenvalue weighted by Crippen LogP contribution is -2.49. The van der Waals surface area contributed by atoms with Crippen molar-refractivity contribution in [2.24, 2.45) is 5.92 Å². The molecular formula is C17H20F3NO5. The van der Waals surface area contributed by atoms with E-state index in [0.717, 1.165) is 0 Å². The smallest absolute Gasteiger partial charge is 0.422 e. The Kier molecular flexibility index (Phi) is 6.33. The second kappa shape index (κ2) is 8.29. The summed E-state index contributed by atoms with van der Waals surface area (Å²) in [7, 11) is 0. The number of nitrogens with zero attached hydrogens (tertiary/aromatic N) is 1. The molecule has 9 heteroatoms. The van der Waals surface area contributed by atoms with Crippen molar-refractivity contribution in [2.75, 3.05) is 19.8 Å². The third-order valence-corrected chi connectivity index (χ3v) is 4.14. The summed E-state index contributed by atoms with van der Waals surface area (Å²) >= 11 is 0. The predicted molar refractivity (Wildman–Crippen MR) is 85.0 cm³/mol. The standard InChI is InChI=1S/C17H20F3NO5/c1-11-6-7-12(16(23)24)8-21(11)15(22)9-25-13-4-2-3-5-14(13)26-10-17(18,19)20/h2-5,11-12H,6-10H2,1H3,(H,23,24). The van der Waals surface area contributed by atoms with Gasteiger partial charge in [0.1, 0.15) is 0 Å². The van der Waals surface area contributed by atoms with Crippen LogP contribution in [0, 0.1) is 5.92 Å². The highest BCUT2D eigenvalue weighted by molar-refractivity contribution is 5.79. The summed E-state index contributed by atoms with van der Waals surface area (Å²) in [5, 5.41) is 9.12. The number of ether oxygens (including phenoxy) is 2. The molecule has 0 saturated carbocycles. The number of hydrogen-bond donors (Lipinski definition) is 1. The lowest BCUT2D eigenvalue weighted by atomic mass is 9.93. The van der Waals surface area contributed by atoms with E-state index in [1.165, 1.54) is 23.1 Å². The van der Waals surface area contributed by atoms with Gasteiger partial charge in [0, 0.05) is 12.6 Å². The van der Waals surface area contributed by atoms with Crippen molar-refractivity contribution in [3.63, 3.8) is 0 Å². The van der Waals surface area contributed by atoms with Crippen molar-refractivity contribution in [2.45, 2.75) is 32.0 Å². The molecule has 0 radical (unpaired) electrons. The fourth-order valence-electron chi connectivity index (χ4n) is 2.73. The van der Waals surface area contributed by atoms with Gasteiger partial charge < -0.3 is 19.5 Å². The average Bonchev–Trinajstić information content (AvgIpc) is 2.58. The highest BCUT2D eigenvalue weighted by Gasteiger charge is 2.33. The molecule has 6 nitrogen and oxygen atoms in total. The maximum absolute atomic E-state index is 12.4. The molecular weight excluding hydrogens is 355 g/mol. The van der Waals surface area contributed by atoms with Crippen LogP contribution in [-0.2, 0) is 9.59 Å². The summed E-state index contributed by atoms with van der Waals surface area (Å²) in [6, 6.07) is 5.63. The summed E-state index contributed by atoms with van der Waals surface area (Å²) in [5.74, 6) is -2.11. The highest BCUT2D eigenvalue weighted by Crippen LogP contribution is 2.29. The van der Waals surface area contributed by atoms with Gasteiger partial charge in [-0.25, -0.2) is 0 Å². The van der Waals surface area contributed by atoms with Crippen LogP contribution in [0.5, 0.6) is 11.5 Å². The lowest BCUT2D eigenvalue weighted by molar-refractivity contribution is -0.154. The van der Waals surface area contributed by atoms with Gasteiger partial charge in [-0.2, -0.15) is 13.2 Å². The van der Waals surface area contributed by atoms with Crippen molar-refractivity contribution in [1.29, 1.82) is 0 Å². The Morgan fingerprint density at radius 3 is 2.38 bits per heavy atom. The fourth-order valence-corrected chi connectivity index (χ4v) is 2.73. The summed E-state index contributed by atoms with van der Waals surface area (Å²) < 4.78 is 46.9. The molecule has 0 aliphatic carbocycles. The molecule has 1 saturated heterocycles. The molecule has 144 valence electrons. The van der Waals surface area contributed by atoms with Crippen LogP contribution in [0.15, 0.2) is 24.3 Å². The molecule has 1 amide bonds. The van der Waals surface area contributed by atoms with E-state index in [9.17, 15) is 22.8 Å². The van der Waals surface area contributed by atoms with Gasteiger partial charge in [0.05, 0.1) is 5.92 Å². The van der Waals surface area contributed by atoms with Crippen LogP contribution < -0.4 is 9.47 Å². The molecule has 1 aliphatic rings. The number of carboxylic acids is 1. The average molecular weight is 375 g/mol. The first-order chi connectivity index (χ1) is 12.2. The Morgan fingerprint density at radius 1 is 1.19 bits per heavy atom. The number of rotatable bonds is 6. The monoisotopic (exact) mass is 375 g/mol. The van der Waals surface area contributed by atoms with E-state index in [2.05, 4.69) is 0 Å². The number of para-hydroxylation sites is 2. The number of likely N-dealkylation sites (tertiary alicyclic amines) is 1. The highest BCUT2D eigenvalue weighted by atomic mass is 19.4. The quantitative estimate of drug-likeness (QED) is 0.827. The number of aliphatic carboxylic acids is 1. The van der Waals surface area contributed by atoms with Crippen molar-refractivity contribution in [1.82, 2.24) is 4.90 Å². The van der Waals surface area contributed by atoms with E-state index >= 15 is 0 Å². The van der Waals surface area contributed by atoms with Crippen LogP contribution in [0.2, 0.25) is 0 Å². The number of carboxylic acid groups (broad SMARTS) is 1. The van der Waals surface area contributed by atoms with E-state index < -0.39 is 37.2 Å². The molecule has 0 bridgehead atoms. The summed E-state index contributed by atoms with van der Waals surface area (Å²) in [6.07, 6.45) is -3.43. The molecule has 0 aromatic heterocycles. The van der Waals surface area contributed by atoms with Gasteiger partial charge >= 0.3 is 12.1 Å². The van der Waals surface area contributed by atoms with E-state index in [-0.39, 0.29) is 24.1 Å². The molecule has 0 spiro atoms. The number of hydrogen-bond acceptors (Lipinski definition) is 4. The minimum Gasteiger partial charge on any atom is -0.481 e. The Balaban J connectivity index is 1.97. The molecule has 1 aromatic rings. The third kappa shape index (κ3) is 5.53. The summed E-state index contributed by atoms with van der Waals surface area (Å²) in [5.41, 5.74) is 0. The Morgan fingerprint density at radius 2 is 1.81 bits per heavy atom. The van der Waals surface area contributed by atoms with Gasteiger partial charge in [-0.3, -0.25) is 9.59 Å². The largest absolute Gasteiger partial charge is 0.481 e. The minimum atomic E-state index is -4.49. The topological polar surface area (TPSA) is 76.1 Å². The van der Waals surface area contributed by atoms with Crippen molar-refractivity contribution in [3.05, 3.63) is 24.3 Å². The summed E-state index contributed by atoms with van der Waals surface area (Å²) in [6.45, 7) is 0.0229. The van der Waals surface area contributed by atoms with Crippen molar-refractivity contribution < 1.29 is 37.3 Å². The Bertz CT molecular complexity index is 650. The van der Waals surface area contributed by atoms with Crippen LogP contribution in [0.3, 0.4) is 0 Å². The molecule has 2 unspecified atom stereocenters. The third-order valence-electron chi connectivity index (χ3n) is 4.14. The Labute approximate surface area is 148 Å². The number of alkyl halides is 3. The van der Waals surface area contributed by atoms with Gasteiger partial charge in [-0.15, -0.1) is 0 Å². The van der Waals surface area contributed by atoms with Crippen molar-refractivity contribution >= 4 is 11.9 Å². The maximum atomic E-state index is 12.4. The van der Waals surface area contributed by atoms with Gasteiger partial charge in [0.25, 0.3) is 5.91 Å². The van der Waals surface area contributed by atoms with E-state index in [4.69, 9.17) is 14.6 Å². The van der Waals surface area contributed by atoms with E-state index in [1.807, 2.05) is 6.92 Å². The number of carbonyl (C=O) groups is 2. The van der Waals surface area contributed by atoms with Gasteiger partial charge in [0.2, 0.25) is 0 Å². The fraction of sp³-hybridized carbons (Fsp3) is 0.529. The van der Waals surface area contributed by atoms with Crippen LogP contribution >= 0.6 is 0 Å². The molecule has 1 N–H and O–H groups in total. The van der Waals surface area contributed by atoms with Crippen LogP contribution in [0.25, 0.3) is 0 Å². The number of halogens is 3. The van der Waals surface area contributed by atoms with Gasteiger partial charge in [-0.05, 0) is 31.9 Å². The predicted octanol–water partition coefficient (Wildman–Crippen LogP) is 2.72. The van der Waals surface area contributed by atoms with E-state index in [0.29, 0.717) is 12.8 Å². The number of amides is 1. The number of piperidine rings is 1. The number of benzene rings is 1. The van der Waals surface area contributed by atoms with Crippen LogP contribution in [0.1, 0.15) is 19.8 Å². The first kappa shape index (κ1) is 19.9. The molecule has 1 aromatic carbocycles. The summed E-state index contributed by atoms with van der Waals surface area (Å²) in [4.78, 5) is 24.9. The Hall–Kier alpha value is -2.45. The minimum absolute atomic E-state index is 0.0181. The zero-order chi connectivity index (χ0) is 19.3. The van der Waals surface area contributed by atoms with Crippen molar-refractivity contribution in [3.8, 4) is 11.5 Å². The first-order valence-corrected chi connectivity index (χ1v) is 8.11. The normalized spacial score (nSPS) is 20.5. The number of carbonyl (C=O) groups excluding carboxylic acids is 1. The molecule has 1 aliphatic heterocycles. The second-order valence-corrected chi connectivity index (χ2v) is 6.15.